The van der Waals surface area contributed by atoms with Gasteiger partial charge in [0.15, 0.2) is 0 Å². The molecule has 0 radical (unpaired) electrons. The minimum atomic E-state index is 0.0201. The number of thiazole rings is 1. The Morgan fingerprint density at radius 1 is 1.23 bits per heavy atom. The third-order valence-corrected chi connectivity index (χ3v) is 4.28. The maximum atomic E-state index is 9.68. The van der Waals surface area contributed by atoms with Crippen LogP contribution >= 0.6 is 35.2 Å². The Bertz CT molecular complexity index is 810. The summed E-state index contributed by atoms with van der Waals surface area (Å²) in [6.45, 7) is 3.45. The van der Waals surface area contributed by atoms with Gasteiger partial charge in [0.05, 0.1) is 5.88 Å². The van der Waals surface area contributed by atoms with E-state index in [1.54, 1.807) is 36.0 Å². The highest BCUT2D eigenvalue weighted by atomic mass is 35.5. The van der Waals surface area contributed by atoms with Gasteiger partial charge in [-0.3, -0.25) is 14.8 Å². The molecular weight excluding hydrogens is 388 g/mol. The van der Waals surface area contributed by atoms with Crippen LogP contribution in [0.2, 0.25) is 0 Å². The van der Waals surface area contributed by atoms with Crippen molar-refractivity contribution in [3.8, 4) is 10.6 Å². The first-order chi connectivity index (χ1) is 12.4. The Morgan fingerprint density at radius 3 is 2.19 bits per heavy atom. The summed E-state index contributed by atoms with van der Waals surface area (Å²) in [4.78, 5) is 22.3. The monoisotopic (exact) mass is 406 g/mol. The molecule has 5 nitrogen and oxygen atoms in total. The predicted octanol–water partition coefficient (Wildman–Crippen LogP) is 4.04. The lowest BCUT2D eigenvalue weighted by Gasteiger charge is -1.92. The van der Waals surface area contributed by atoms with E-state index < -0.39 is 0 Å². The second-order valence-corrected chi connectivity index (χ2v) is 6.54. The van der Waals surface area contributed by atoms with Crippen LogP contribution in [-0.2, 0) is 4.79 Å². The standard InChI is InChI=1S/C9H8N2S.C6H6N2S.C3H5ClO/c1-7-6-12-9(11-7)8-3-2-4-10-5-8;7-6(9)5-2-1-3-8-4-5;1-3(5)2-4/h2-6H,1H3;1-4H,(H2,7,9);2H2,1H3. The van der Waals surface area contributed by atoms with E-state index in [1.165, 1.54) is 6.92 Å². The number of Topliss-reactive ketones (excluding diaryl/α,β-unsaturated/α-hetero) is 1. The quantitative estimate of drug-likeness (QED) is 0.522. The van der Waals surface area contributed by atoms with Gasteiger partial charge in [0.2, 0.25) is 0 Å². The molecule has 0 fully saturated rings. The Hall–Kier alpha value is -2.22. The van der Waals surface area contributed by atoms with Crippen molar-refractivity contribution in [2.75, 3.05) is 5.88 Å². The normalized spacial score (nSPS) is 9.19. The van der Waals surface area contributed by atoms with Crippen LogP contribution < -0.4 is 5.73 Å². The highest BCUT2D eigenvalue weighted by molar-refractivity contribution is 7.80. The van der Waals surface area contributed by atoms with Gasteiger partial charge in [0.1, 0.15) is 15.8 Å². The number of nitrogens with two attached hydrogens (primary N) is 1. The number of pyridine rings is 2. The van der Waals surface area contributed by atoms with Gasteiger partial charge in [-0.1, -0.05) is 12.2 Å². The van der Waals surface area contributed by atoms with Crippen LogP contribution in [0.15, 0.2) is 54.4 Å². The molecule has 3 heterocycles. The van der Waals surface area contributed by atoms with Crippen molar-refractivity contribution in [3.63, 3.8) is 0 Å². The number of aromatic nitrogens is 3. The summed E-state index contributed by atoms with van der Waals surface area (Å²) in [6.07, 6.45) is 6.92. The molecule has 3 aromatic rings. The minimum Gasteiger partial charge on any atom is -0.389 e. The molecule has 0 aromatic carbocycles. The van der Waals surface area contributed by atoms with Crippen LogP contribution in [0, 0.1) is 6.92 Å². The number of thiocarbonyl (C=S) groups is 1. The molecule has 8 heteroatoms. The summed E-state index contributed by atoms with van der Waals surface area (Å²) in [5.74, 6) is 0.159. The van der Waals surface area contributed by atoms with Gasteiger partial charge < -0.3 is 5.73 Å². The highest BCUT2D eigenvalue weighted by Gasteiger charge is 2.00. The molecule has 0 bridgehead atoms. The number of carbonyl (C=O) groups excluding carboxylic acids is 1. The summed E-state index contributed by atoms with van der Waals surface area (Å²) in [7, 11) is 0. The average molecular weight is 407 g/mol. The first-order valence-corrected chi connectivity index (χ1v) is 9.34. The molecule has 2 N–H and O–H groups in total. The molecule has 3 rings (SSSR count). The van der Waals surface area contributed by atoms with E-state index in [9.17, 15) is 4.79 Å². The van der Waals surface area contributed by atoms with Crippen molar-refractivity contribution in [2.45, 2.75) is 13.8 Å². The van der Waals surface area contributed by atoms with E-state index in [0.29, 0.717) is 4.99 Å². The molecule has 0 aliphatic carbocycles. The van der Waals surface area contributed by atoms with Crippen molar-refractivity contribution in [2.24, 2.45) is 5.73 Å². The molecule has 0 unspecified atom stereocenters. The van der Waals surface area contributed by atoms with Crippen LogP contribution in [0.4, 0.5) is 0 Å². The fourth-order valence-corrected chi connectivity index (χ4v) is 2.39. The highest BCUT2D eigenvalue weighted by Crippen LogP contribution is 2.21. The molecule has 0 saturated heterocycles. The van der Waals surface area contributed by atoms with Crippen LogP contribution in [-0.4, -0.2) is 31.6 Å². The summed E-state index contributed by atoms with van der Waals surface area (Å²) >= 11 is 11.3. The van der Waals surface area contributed by atoms with Crippen LogP contribution in [0.1, 0.15) is 18.2 Å². The van der Waals surface area contributed by atoms with Gasteiger partial charge >= 0.3 is 0 Å². The van der Waals surface area contributed by atoms with E-state index in [0.717, 1.165) is 21.8 Å². The number of halogens is 1. The Labute approximate surface area is 167 Å². The third-order valence-electron chi connectivity index (χ3n) is 2.66. The topological polar surface area (TPSA) is 81.8 Å². The predicted molar refractivity (Wildman–Crippen MR) is 112 cm³/mol. The van der Waals surface area contributed by atoms with Crippen molar-refractivity contribution in [3.05, 3.63) is 65.7 Å². The molecule has 3 aromatic heterocycles. The van der Waals surface area contributed by atoms with Gasteiger partial charge in [-0.25, -0.2) is 4.98 Å². The number of rotatable bonds is 3. The second kappa shape index (κ2) is 12.2. The molecular formula is C18H19ClN4OS2. The molecule has 0 spiro atoms. The van der Waals surface area contributed by atoms with E-state index in [-0.39, 0.29) is 11.7 Å². The van der Waals surface area contributed by atoms with Crippen molar-refractivity contribution >= 4 is 45.9 Å². The zero-order chi connectivity index (χ0) is 19.4. The van der Waals surface area contributed by atoms with Gasteiger partial charge in [-0.2, -0.15) is 0 Å². The van der Waals surface area contributed by atoms with Gasteiger partial charge in [-0.15, -0.1) is 22.9 Å². The van der Waals surface area contributed by atoms with Gasteiger partial charge in [0.25, 0.3) is 0 Å². The largest absolute Gasteiger partial charge is 0.389 e. The second-order valence-electron chi connectivity index (χ2n) is 4.98. The summed E-state index contributed by atoms with van der Waals surface area (Å²) in [5.41, 5.74) is 8.28. The molecule has 0 atom stereocenters. The Morgan fingerprint density at radius 2 is 1.85 bits per heavy atom. The summed E-state index contributed by atoms with van der Waals surface area (Å²) in [5, 5.41) is 3.09. The van der Waals surface area contributed by atoms with E-state index in [4.69, 9.17) is 29.6 Å². The maximum absolute atomic E-state index is 9.68. The molecule has 0 amide bonds. The first-order valence-electron chi connectivity index (χ1n) is 7.51. The zero-order valence-corrected chi connectivity index (χ0v) is 16.8. The minimum absolute atomic E-state index is 0.0201. The van der Waals surface area contributed by atoms with Crippen molar-refractivity contribution in [1.82, 2.24) is 15.0 Å². The lowest BCUT2D eigenvalue weighted by molar-refractivity contribution is -0.114. The molecule has 136 valence electrons. The van der Waals surface area contributed by atoms with Gasteiger partial charge in [0, 0.05) is 47.0 Å². The number of aryl methyl sites for hydroxylation is 1. The number of hydrogen-bond acceptors (Lipinski definition) is 6. The van der Waals surface area contributed by atoms with Gasteiger partial charge in [-0.05, 0) is 38.1 Å². The fraction of sp³-hybridized carbons (Fsp3) is 0.167. The number of hydrogen-bond donors (Lipinski definition) is 1. The molecule has 0 aliphatic heterocycles. The van der Waals surface area contributed by atoms with Crippen LogP contribution in [0.25, 0.3) is 10.6 Å². The number of nitrogens with zero attached hydrogens (tertiary/aromatic N) is 3. The number of ketones is 1. The van der Waals surface area contributed by atoms with Crippen LogP contribution in [0.3, 0.4) is 0 Å². The maximum Gasteiger partial charge on any atom is 0.144 e. The fourth-order valence-electron chi connectivity index (χ4n) is 1.48. The zero-order valence-electron chi connectivity index (χ0n) is 14.4. The average Bonchev–Trinajstić information content (AvgIpc) is 3.10. The first kappa shape index (κ1) is 21.8. The lowest BCUT2D eigenvalue weighted by atomic mass is 10.3. The SMILES string of the molecule is CC(=O)CCl.Cc1csc(-c2cccnc2)n1.NC(=S)c1cccnc1. The van der Waals surface area contributed by atoms with E-state index in [1.807, 2.05) is 36.7 Å². The number of carbonyl (C=O) groups is 1. The number of alkyl halides is 1. The molecule has 0 aliphatic rings. The third kappa shape index (κ3) is 8.75. The van der Waals surface area contributed by atoms with Crippen LogP contribution in [0.5, 0.6) is 0 Å². The van der Waals surface area contributed by atoms with Crippen molar-refractivity contribution < 1.29 is 4.79 Å². The Kier molecular flexibility index (Phi) is 10.2. The van der Waals surface area contributed by atoms with E-state index >= 15 is 0 Å². The molecule has 0 saturated carbocycles. The lowest BCUT2D eigenvalue weighted by Crippen LogP contribution is -2.08. The van der Waals surface area contributed by atoms with Crippen molar-refractivity contribution in [1.29, 1.82) is 0 Å². The van der Waals surface area contributed by atoms with E-state index in [2.05, 4.69) is 15.0 Å². The smallest absolute Gasteiger partial charge is 0.144 e. The Balaban J connectivity index is 0.000000214. The molecule has 26 heavy (non-hydrogen) atoms. The summed E-state index contributed by atoms with van der Waals surface area (Å²) in [6, 6.07) is 7.57. The summed E-state index contributed by atoms with van der Waals surface area (Å²) < 4.78 is 0.